The highest BCUT2D eigenvalue weighted by atomic mass is 16.5. The summed E-state index contributed by atoms with van der Waals surface area (Å²) in [5, 5.41) is 12.3. The number of amides is 1. The Morgan fingerprint density at radius 2 is 2.00 bits per heavy atom. The van der Waals surface area contributed by atoms with E-state index in [-0.39, 0.29) is 12.3 Å². The van der Waals surface area contributed by atoms with Gasteiger partial charge in [-0.3, -0.25) is 9.59 Å². The molecule has 1 aromatic rings. The number of nitrogens with one attached hydrogen (secondary N) is 1. The predicted octanol–water partition coefficient (Wildman–Crippen LogP) is 2.39. The molecule has 1 aliphatic carbocycles. The monoisotopic (exact) mass is 305 g/mol. The highest BCUT2D eigenvalue weighted by Gasteiger charge is 2.42. The number of carboxylic acid groups (broad SMARTS) is 1. The fourth-order valence-electron chi connectivity index (χ4n) is 3.17. The van der Waals surface area contributed by atoms with Gasteiger partial charge < -0.3 is 15.2 Å². The fraction of sp³-hybridized carbons (Fsp3) is 0.529. The largest absolute Gasteiger partial charge is 0.497 e. The molecule has 0 aromatic heterocycles. The first-order chi connectivity index (χ1) is 10.4. The first-order valence-electron chi connectivity index (χ1n) is 7.61. The third-order valence-electron chi connectivity index (χ3n) is 4.45. The lowest BCUT2D eigenvalue weighted by Gasteiger charge is -2.39. The van der Waals surface area contributed by atoms with E-state index >= 15 is 0 Å². The van der Waals surface area contributed by atoms with Crippen LogP contribution in [0.25, 0.3) is 0 Å². The zero-order valence-electron chi connectivity index (χ0n) is 13.1. The van der Waals surface area contributed by atoms with Gasteiger partial charge in [0.05, 0.1) is 25.0 Å². The molecule has 0 bridgehead atoms. The number of rotatable bonds is 5. The third kappa shape index (κ3) is 3.78. The Morgan fingerprint density at radius 1 is 1.32 bits per heavy atom. The summed E-state index contributed by atoms with van der Waals surface area (Å²) in [5.74, 6) is -0.733. The molecule has 0 aliphatic heterocycles. The molecule has 22 heavy (non-hydrogen) atoms. The van der Waals surface area contributed by atoms with E-state index in [9.17, 15) is 14.7 Å². The number of ether oxygens (including phenoxy) is 1. The second-order valence-electron chi connectivity index (χ2n) is 6.13. The van der Waals surface area contributed by atoms with Gasteiger partial charge in [0.1, 0.15) is 5.75 Å². The number of carbonyl (C=O) groups excluding carboxylic acids is 1. The molecule has 2 unspecified atom stereocenters. The number of carboxylic acids is 1. The van der Waals surface area contributed by atoms with Gasteiger partial charge in [0.2, 0.25) is 5.91 Å². The number of aliphatic carboxylic acids is 1. The van der Waals surface area contributed by atoms with E-state index in [0.29, 0.717) is 12.8 Å². The summed E-state index contributed by atoms with van der Waals surface area (Å²) in [6.07, 6.45) is 3.42. The quantitative estimate of drug-likeness (QED) is 0.876. The zero-order chi connectivity index (χ0) is 16.2. The van der Waals surface area contributed by atoms with Crippen molar-refractivity contribution in [3.05, 3.63) is 29.8 Å². The highest BCUT2D eigenvalue weighted by Crippen LogP contribution is 2.33. The maximum absolute atomic E-state index is 12.3. The first-order valence-corrected chi connectivity index (χ1v) is 7.61. The summed E-state index contributed by atoms with van der Waals surface area (Å²) >= 11 is 0. The molecular weight excluding hydrogens is 282 g/mol. The van der Waals surface area contributed by atoms with Crippen LogP contribution in [0.15, 0.2) is 24.3 Å². The molecule has 1 aliphatic rings. The van der Waals surface area contributed by atoms with Crippen molar-refractivity contribution in [3.8, 4) is 5.75 Å². The van der Waals surface area contributed by atoms with Gasteiger partial charge >= 0.3 is 5.97 Å². The van der Waals surface area contributed by atoms with Crippen LogP contribution in [0.4, 0.5) is 0 Å². The molecule has 0 spiro atoms. The number of hydrogen-bond acceptors (Lipinski definition) is 3. The van der Waals surface area contributed by atoms with Crippen molar-refractivity contribution in [2.24, 2.45) is 5.92 Å². The van der Waals surface area contributed by atoms with Gasteiger partial charge in [0.15, 0.2) is 0 Å². The molecule has 1 amide bonds. The van der Waals surface area contributed by atoms with Crippen LogP contribution in [0.5, 0.6) is 5.75 Å². The summed E-state index contributed by atoms with van der Waals surface area (Å²) in [6.45, 7) is 1.84. The Balaban J connectivity index is 2.01. The summed E-state index contributed by atoms with van der Waals surface area (Å²) in [4.78, 5) is 23.7. The minimum Gasteiger partial charge on any atom is -0.497 e. The lowest BCUT2D eigenvalue weighted by atomic mass is 9.74. The van der Waals surface area contributed by atoms with Crippen LogP contribution >= 0.6 is 0 Å². The lowest BCUT2D eigenvalue weighted by molar-refractivity contribution is -0.146. The van der Waals surface area contributed by atoms with Gasteiger partial charge in [-0.05, 0) is 37.5 Å². The van der Waals surface area contributed by atoms with E-state index in [4.69, 9.17) is 4.74 Å². The number of benzene rings is 1. The molecule has 0 heterocycles. The van der Waals surface area contributed by atoms with Crippen molar-refractivity contribution in [2.75, 3.05) is 7.11 Å². The molecule has 1 saturated carbocycles. The average Bonchev–Trinajstić information content (AvgIpc) is 2.47. The molecule has 0 radical (unpaired) electrons. The topological polar surface area (TPSA) is 75.6 Å². The van der Waals surface area contributed by atoms with Gasteiger partial charge in [0, 0.05) is 0 Å². The van der Waals surface area contributed by atoms with Crippen molar-refractivity contribution in [1.82, 2.24) is 5.32 Å². The van der Waals surface area contributed by atoms with E-state index in [1.54, 1.807) is 7.11 Å². The fourth-order valence-corrected chi connectivity index (χ4v) is 3.17. The predicted molar refractivity (Wildman–Crippen MR) is 82.8 cm³/mol. The van der Waals surface area contributed by atoms with Gasteiger partial charge in [-0.2, -0.15) is 0 Å². The summed E-state index contributed by atoms with van der Waals surface area (Å²) < 4.78 is 5.09. The molecule has 120 valence electrons. The Morgan fingerprint density at radius 3 is 2.59 bits per heavy atom. The highest BCUT2D eigenvalue weighted by molar-refractivity contribution is 5.81. The van der Waals surface area contributed by atoms with Crippen molar-refractivity contribution < 1.29 is 19.4 Å². The second kappa shape index (κ2) is 6.81. The van der Waals surface area contributed by atoms with Crippen LogP contribution in [0, 0.1) is 5.92 Å². The van der Waals surface area contributed by atoms with Gasteiger partial charge in [-0.15, -0.1) is 0 Å². The number of carbonyl (C=O) groups is 2. The Kier molecular flexibility index (Phi) is 5.06. The molecule has 2 atom stereocenters. The molecular formula is C17H23NO4. The maximum Gasteiger partial charge on any atom is 0.308 e. The van der Waals surface area contributed by atoms with E-state index in [0.717, 1.165) is 24.2 Å². The van der Waals surface area contributed by atoms with Crippen molar-refractivity contribution in [2.45, 2.75) is 44.6 Å². The SMILES string of the molecule is COc1ccc(CC(=O)NC2(C)CCCCC2C(=O)O)cc1. The Labute approximate surface area is 130 Å². The normalized spacial score (nSPS) is 24.5. The summed E-state index contributed by atoms with van der Waals surface area (Å²) in [6, 6.07) is 7.31. The zero-order valence-corrected chi connectivity index (χ0v) is 13.1. The number of hydrogen-bond donors (Lipinski definition) is 2. The molecule has 0 saturated heterocycles. The van der Waals surface area contributed by atoms with Gasteiger partial charge in [0.25, 0.3) is 0 Å². The maximum atomic E-state index is 12.3. The Hall–Kier alpha value is -2.04. The average molecular weight is 305 g/mol. The standard InChI is InChI=1S/C17H23NO4/c1-17(10-4-3-5-14(17)16(20)21)18-15(19)11-12-6-8-13(22-2)9-7-12/h6-9,14H,3-5,10-11H2,1-2H3,(H,18,19)(H,20,21). The lowest BCUT2D eigenvalue weighted by Crippen LogP contribution is -2.55. The van der Waals surface area contributed by atoms with E-state index in [1.165, 1.54) is 0 Å². The Bertz CT molecular complexity index is 540. The van der Waals surface area contributed by atoms with E-state index in [2.05, 4.69) is 5.32 Å². The third-order valence-corrected chi connectivity index (χ3v) is 4.45. The van der Waals surface area contributed by atoms with Crippen LogP contribution in [0.3, 0.4) is 0 Å². The summed E-state index contributed by atoms with van der Waals surface area (Å²) in [5.41, 5.74) is 0.220. The van der Waals surface area contributed by atoms with Crippen molar-refractivity contribution >= 4 is 11.9 Å². The van der Waals surface area contributed by atoms with Crippen LogP contribution in [-0.2, 0) is 16.0 Å². The molecule has 2 rings (SSSR count). The number of methoxy groups -OCH3 is 1. The van der Waals surface area contributed by atoms with Crippen LogP contribution < -0.4 is 10.1 Å². The van der Waals surface area contributed by atoms with Crippen molar-refractivity contribution in [1.29, 1.82) is 0 Å². The molecule has 1 aromatic carbocycles. The minimum atomic E-state index is -0.827. The molecule has 5 heteroatoms. The second-order valence-corrected chi connectivity index (χ2v) is 6.13. The van der Waals surface area contributed by atoms with Gasteiger partial charge in [-0.1, -0.05) is 25.0 Å². The van der Waals surface area contributed by atoms with Gasteiger partial charge in [-0.25, -0.2) is 0 Å². The van der Waals surface area contributed by atoms with Crippen LogP contribution in [0.2, 0.25) is 0 Å². The smallest absolute Gasteiger partial charge is 0.308 e. The summed E-state index contributed by atoms with van der Waals surface area (Å²) in [7, 11) is 1.59. The molecule has 2 N–H and O–H groups in total. The van der Waals surface area contributed by atoms with E-state index < -0.39 is 17.4 Å². The molecule has 1 fully saturated rings. The van der Waals surface area contributed by atoms with Crippen molar-refractivity contribution in [3.63, 3.8) is 0 Å². The van der Waals surface area contributed by atoms with Crippen LogP contribution in [-0.4, -0.2) is 29.6 Å². The molecule has 5 nitrogen and oxygen atoms in total. The van der Waals surface area contributed by atoms with E-state index in [1.807, 2.05) is 31.2 Å². The van der Waals surface area contributed by atoms with Crippen LogP contribution in [0.1, 0.15) is 38.2 Å². The first kappa shape index (κ1) is 16.3. The minimum absolute atomic E-state index is 0.138.